The number of methoxy groups -OCH3 is 1. The lowest BCUT2D eigenvalue weighted by atomic mass is 9.98. The predicted octanol–water partition coefficient (Wildman–Crippen LogP) is 3.75. The van der Waals surface area contributed by atoms with Gasteiger partial charge in [-0.3, -0.25) is 9.59 Å². The van der Waals surface area contributed by atoms with Gasteiger partial charge >= 0.3 is 12.1 Å². The topological polar surface area (TPSA) is 80.8 Å². The van der Waals surface area contributed by atoms with E-state index in [-0.39, 0.29) is 18.4 Å². The number of halogens is 3. The minimum Gasteiger partial charge on any atom is -0.496 e. The third-order valence-electron chi connectivity index (χ3n) is 5.47. The van der Waals surface area contributed by atoms with Crippen LogP contribution >= 0.6 is 0 Å². The van der Waals surface area contributed by atoms with Crippen molar-refractivity contribution in [2.45, 2.75) is 32.0 Å². The first-order valence-corrected chi connectivity index (χ1v) is 10.6. The molecule has 1 saturated heterocycles. The van der Waals surface area contributed by atoms with Crippen LogP contribution in [0.2, 0.25) is 0 Å². The van der Waals surface area contributed by atoms with Crippen molar-refractivity contribution in [1.82, 2.24) is 10.3 Å². The lowest BCUT2D eigenvalue weighted by Crippen LogP contribution is -2.41. The van der Waals surface area contributed by atoms with Gasteiger partial charge in [0.1, 0.15) is 11.6 Å². The van der Waals surface area contributed by atoms with Crippen molar-refractivity contribution < 1.29 is 32.2 Å². The van der Waals surface area contributed by atoms with Crippen LogP contribution in [0.4, 0.5) is 19.0 Å². The highest BCUT2D eigenvalue weighted by Gasteiger charge is 2.37. The zero-order valence-corrected chi connectivity index (χ0v) is 18.4. The third-order valence-corrected chi connectivity index (χ3v) is 5.47. The lowest BCUT2D eigenvalue weighted by Gasteiger charge is -2.33. The van der Waals surface area contributed by atoms with Crippen molar-refractivity contribution in [3.8, 4) is 5.75 Å². The molecule has 1 aliphatic heterocycles. The maximum absolute atomic E-state index is 13.3. The molecule has 2 atom stereocenters. The highest BCUT2D eigenvalue weighted by atomic mass is 19.4. The fraction of sp³-hybridized carbons (Fsp3) is 0.435. The molecule has 1 aromatic carbocycles. The van der Waals surface area contributed by atoms with E-state index in [1.807, 2.05) is 18.2 Å². The normalized spacial score (nSPS) is 17.2. The molecule has 10 heteroatoms. The molecular formula is C23H26F3N3O4. The Balaban J connectivity index is 1.56. The molecule has 2 aromatic rings. The van der Waals surface area contributed by atoms with Gasteiger partial charge in [-0.2, -0.15) is 13.2 Å². The summed E-state index contributed by atoms with van der Waals surface area (Å²) in [7, 11) is 1.53. The number of piperidine rings is 1. The van der Waals surface area contributed by atoms with Gasteiger partial charge in [0.25, 0.3) is 5.91 Å². The summed E-state index contributed by atoms with van der Waals surface area (Å²) in [5.74, 6) is -1.34. The Morgan fingerprint density at radius 2 is 2.00 bits per heavy atom. The van der Waals surface area contributed by atoms with E-state index in [4.69, 9.17) is 9.47 Å². The standard InChI is InChI=1S/C23H26F3N3O4/c1-15(17-8-3-4-10-19(17)32-2)28-20(30)14-33-22(31)16-7-6-12-29(13-16)21-18(23(24,25)26)9-5-11-27-21/h3-5,8-11,15-16H,6-7,12-14H2,1-2H3,(H,28,30). The number of benzene rings is 1. The van der Waals surface area contributed by atoms with Gasteiger partial charge in [0.2, 0.25) is 0 Å². The first-order valence-electron chi connectivity index (χ1n) is 10.6. The predicted molar refractivity (Wildman–Crippen MR) is 115 cm³/mol. The molecule has 1 aliphatic rings. The molecule has 7 nitrogen and oxygen atoms in total. The van der Waals surface area contributed by atoms with Crippen molar-refractivity contribution in [2.75, 3.05) is 31.7 Å². The molecule has 0 aliphatic carbocycles. The number of para-hydroxylation sites is 1. The molecule has 2 unspecified atom stereocenters. The molecule has 178 valence electrons. The zero-order valence-electron chi connectivity index (χ0n) is 18.4. The van der Waals surface area contributed by atoms with Gasteiger partial charge in [-0.05, 0) is 38.0 Å². The van der Waals surface area contributed by atoms with E-state index in [9.17, 15) is 22.8 Å². The second-order valence-corrected chi connectivity index (χ2v) is 7.80. The van der Waals surface area contributed by atoms with E-state index < -0.39 is 36.1 Å². The fourth-order valence-corrected chi connectivity index (χ4v) is 3.87. The number of ether oxygens (including phenoxy) is 2. The molecule has 0 radical (unpaired) electrons. The quantitative estimate of drug-likeness (QED) is 0.628. The number of carbonyl (C=O) groups is 2. The Kier molecular flexibility index (Phi) is 7.78. The number of carbonyl (C=O) groups excluding carboxylic acids is 2. The molecule has 3 rings (SSSR count). The maximum Gasteiger partial charge on any atom is 0.419 e. The van der Waals surface area contributed by atoms with Crippen LogP contribution in [0.3, 0.4) is 0 Å². The Morgan fingerprint density at radius 3 is 2.73 bits per heavy atom. The van der Waals surface area contributed by atoms with Crippen LogP contribution < -0.4 is 15.0 Å². The lowest BCUT2D eigenvalue weighted by molar-refractivity contribution is -0.153. The van der Waals surface area contributed by atoms with Crippen LogP contribution in [0, 0.1) is 5.92 Å². The van der Waals surface area contributed by atoms with Crippen LogP contribution in [-0.4, -0.2) is 43.7 Å². The molecule has 0 spiro atoms. The SMILES string of the molecule is COc1ccccc1C(C)NC(=O)COC(=O)C1CCCN(c2ncccc2C(F)(F)F)C1. The molecule has 1 fully saturated rings. The van der Waals surface area contributed by atoms with Gasteiger partial charge in [-0.1, -0.05) is 18.2 Å². The van der Waals surface area contributed by atoms with Gasteiger partial charge in [0.15, 0.2) is 6.61 Å². The Bertz CT molecular complexity index is 983. The Hall–Kier alpha value is -3.30. The highest BCUT2D eigenvalue weighted by molar-refractivity contribution is 5.82. The summed E-state index contributed by atoms with van der Waals surface area (Å²) in [6, 6.07) is 9.06. The van der Waals surface area contributed by atoms with Gasteiger partial charge in [-0.15, -0.1) is 0 Å². The summed E-state index contributed by atoms with van der Waals surface area (Å²) >= 11 is 0. The van der Waals surface area contributed by atoms with E-state index in [0.29, 0.717) is 25.1 Å². The van der Waals surface area contributed by atoms with Crippen molar-refractivity contribution in [2.24, 2.45) is 5.92 Å². The monoisotopic (exact) mass is 465 g/mol. The van der Waals surface area contributed by atoms with Crippen molar-refractivity contribution in [3.05, 3.63) is 53.7 Å². The van der Waals surface area contributed by atoms with Gasteiger partial charge in [0, 0.05) is 24.8 Å². The number of nitrogens with zero attached hydrogens (tertiary/aromatic N) is 2. The number of hydrogen-bond donors (Lipinski definition) is 1. The number of esters is 1. The molecule has 0 saturated carbocycles. The molecule has 1 amide bonds. The van der Waals surface area contributed by atoms with E-state index in [2.05, 4.69) is 10.3 Å². The van der Waals surface area contributed by atoms with Crippen LogP contribution in [0.5, 0.6) is 5.75 Å². The average molecular weight is 465 g/mol. The second kappa shape index (κ2) is 10.5. The highest BCUT2D eigenvalue weighted by Crippen LogP contribution is 2.36. The molecule has 0 bridgehead atoms. The first kappa shape index (κ1) is 24.3. The molecule has 1 aromatic heterocycles. The van der Waals surface area contributed by atoms with E-state index in [0.717, 1.165) is 11.6 Å². The number of pyridine rings is 1. The largest absolute Gasteiger partial charge is 0.496 e. The second-order valence-electron chi connectivity index (χ2n) is 7.80. The number of aromatic nitrogens is 1. The van der Waals surface area contributed by atoms with E-state index in [1.165, 1.54) is 24.3 Å². The summed E-state index contributed by atoms with van der Waals surface area (Å²) in [6.45, 7) is 1.69. The zero-order chi connectivity index (χ0) is 24.0. The van der Waals surface area contributed by atoms with Crippen molar-refractivity contribution >= 4 is 17.7 Å². The molecule has 2 heterocycles. The van der Waals surface area contributed by atoms with Crippen LogP contribution in [0.25, 0.3) is 0 Å². The van der Waals surface area contributed by atoms with Gasteiger partial charge < -0.3 is 19.7 Å². The molecule has 33 heavy (non-hydrogen) atoms. The fourth-order valence-electron chi connectivity index (χ4n) is 3.87. The van der Waals surface area contributed by atoms with Crippen molar-refractivity contribution in [1.29, 1.82) is 0 Å². The summed E-state index contributed by atoms with van der Waals surface area (Å²) in [5, 5.41) is 2.75. The third kappa shape index (κ3) is 6.15. The average Bonchev–Trinajstić information content (AvgIpc) is 2.82. The summed E-state index contributed by atoms with van der Waals surface area (Å²) in [4.78, 5) is 30.1. The minimum absolute atomic E-state index is 0.0398. The Labute approximate surface area is 189 Å². The summed E-state index contributed by atoms with van der Waals surface area (Å²) < 4.78 is 50.4. The number of hydrogen-bond acceptors (Lipinski definition) is 6. The van der Waals surface area contributed by atoms with Gasteiger partial charge in [-0.25, -0.2) is 4.98 Å². The minimum atomic E-state index is -4.55. The van der Waals surface area contributed by atoms with Crippen LogP contribution in [0.1, 0.15) is 36.9 Å². The summed E-state index contributed by atoms with van der Waals surface area (Å²) in [6.07, 6.45) is -2.29. The number of alkyl halides is 3. The number of amides is 1. The molecular weight excluding hydrogens is 439 g/mol. The smallest absolute Gasteiger partial charge is 0.419 e. The number of nitrogens with one attached hydrogen (secondary N) is 1. The van der Waals surface area contributed by atoms with Crippen LogP contribution in [0.15, 0.2) is 42.6 Å². The molecule has 1 N–H and O–H groups in total. The van der Waals surface area contributed by atoms with E-state index >= 15 is 0 Å². The van der Waals surface area contributed by atoms with Crippen molar-refractivity contribution in [3.63, 3.8) is 0 Å². The van der Waals surface area contributed by atoms with Crippen LogP contribution in [-0.2, 0) is 20.5 Å². The van der Waals surface area contributed by atoms with E-state index in [1.54, 1.807) is 13.0 Å². The number of anilines is 1. The first-order chi connectivity index (χ1) is 15.7. The summed E-state index contributed by atoms with van der Waals surface area (Å²) in [5.41, 5.74) is -0.0675. The Morgan fingerprint density at radius 1 is 1.24 bits per heavy atom. The maximum atomic E-state index is 13.3. The number of rotatable bonds is 7. The van der Waals surface area contributed by atoms with Gasteiger partial charge in [0.05, 0.1) is 24.6 Å².